The molecule has 0 unspecified atom stereocenters. The van der Waals surface area contributed by atoms with E-state index in [0.29, 0.717) is 0 Å². The largest absolute Gasteiger partial charge is 0.476 e. The van der Waals surface area contributed by atoms with Crippen molar-refractivity contribution in [3.05, 3.63) is 27.3 Å². The Morgan fingerprint density at radius 1 is 1.80 bits per heavy atom. The van der Waals surface area contributed by atoms with Crippen LogP contribution in [0.2, 0.25) is 0 Å². The summed E-state index contributed by atoms with van der Waals surface area (Å²) >= 11 is 2.02. The van der Waals surface area contributed by atoms with E-state index in [1.807, 2.05) is 22.6 Å². The van der Waals surface area contributed by atoms with Gasteiger partial charge in [-0.25, -0.2) is 0 Å². The molecule has 0 fully saturated rings. The zero-order chi connectivity index (χ0) is 7.82. The number of halogens is 1. The highest BCUT2D eigenvalue weighted by atomic mass is 127. The average Bonchev–Trinajstić information content (AvgIpc) is 1.89. The first-order chi connectivity index (χ1) is 4.81. The second kappa shape index (κ2) is 6.35. The molecule has 4 nitrogen and oxygen atoms in total. The van der Waals surface area contributed by atoms with E-state index in [9.17, 15) is 0 Å². The maximum atomic E-state index is 8.62. The van der Waals surface area contributed by atoms with Crippen LogP contribution in [0.25, 0.3) is 4.98 Å². The number of ether oxygens (including phenoxy) is 1. The van der Waals surface area contributed by atoms with Gasteiger partial charge in [0.1, 0.15) is 6.61 Å². The van der Waals surface area contributed by atoms with E-state index in [4.69, 9.17) is 10.5 Å². The third-order valence-corrected chi connectivity index (χ3v) is 1.09. The van der Waals surface area contributed by atoms with E-state index in [-0.39, 0.29) is 6.61 Å². The number of hydrogen-bond donors (Lipinski definition) is 1. The van der Waals surface area contributed by atoms with Crippen molar-refractivity contribution in [3.8, 4) is 0 Å². The molecule has 54 valence electrons. The molecule has 0 aromatic carbocycles. The van der Waals surface area contributed by atoms with Gasteiger partial charge in [0.05, 0.1) is 0 Å². The smallest absolute Gasteiger partial charge is 0.429 e. The first-order valence-corrected chi connectivity index (χ1v) is 3.67. The summed E-state index contributed by atoms with van der Waals surface area (Å²) in [7, 11) is 0. The van der Waals surface area contributed by atoms with Gasteiger partial charge >= 0.3 is 12.1 Å². The second-order valence-electron chi connectivity index (χ2n) is 1.26. The van der Waals surface area contributed by atoms with Gasteiger partial charge in [-0.3, -0.25) is 0 Å². The molecule has 0 aromatic rings. The van der Waals surface area contributed by atoms with E-state index in [2.05, 4.69) is 9.71 Å². The SMILES string of the molecule is N#[N+]C=C(O)OCC=CI. The second-order valence-corrected chi connectivity index (χ2v) is 1.97. The fourth-order valence-corrected chi connectivity index (χ4v) is 0.464. The molecule has 10 heavy (non-hydrogen) atoms. The van der Waals surface area contributed by atoms with E-state index in [1.165, 1.54) is 0 Å². The summed E-state index contributed by atoms with van der Waals surface area (Å²) in [6, 6.07) is 0. The first-order valence-electron chi connectivity index (χ1n) is 2.42. The highest BCUT2D eigenvalue weighted by Gasteiger charge is 1.96. The van der Waals surface area contributed by atoms with Crippen molar-refractivity contribution < 1.29 is 9.84 Å². The summed E-state index contributed by atoms with van der Waals surface area (Å²) in [5.74, 6) is -0.406. The molecule has 1 N–H and O–H groups in total. The summed E-state index contributed by atoms with van der Waals surface area (Å²) in [5, 5.41) is 16.5. The van der Waals surface area contributed by atoms with Crippen molar-refractivity contribution >= 4 is 22.6 Å². The zero-order valence-electron chi connectivity index (χ0n) is 5.07. The Hall–Kier alpha value is -0.770. The highest BCUT2D eigenvalue weighted by molar-refractivity contribution is 14.1. The van der Waals surface area contributed by atoms with Crippen molar-refractivity contribution in [1.82, 2.24) is 0 Å². The lowest BCUT2D eigenvalue weighted by Gasteiger charge is -1.93. The van der Waals surface area contributed by atoms with Crippen LogP contribution in [0.1, 0.15) is 0 Å². The van der Waals surface area contributed by atoms with Crippen molar-refractivity contribution in [3.63, 3.8) is 0 Å². The van der Waals surface area contributed by atoms with Gasteiger partial charge in [0.15, 0.2) is 4.98 Å². The predicted molar refractivity (Wildman–Crippen MR) is 44.9 cm³/mol. The maximum absolute atomic E-state index is 8.62. The van der Waals surface area contributed by atoms with E-state index in [1.54, 1.807) is 10.2 Å². The molecule has 0 atom stereocenters. The first kappa shape index (κ1) is 9.23. The van der Waals surface area contributed by atoms with Crippen molar-refractivity contribution in [2.45, 2.75) is 0 Å². The molecule has 5 heteroatoms. The molecule has 0 saturated carbocycles. The molecule has 0 saturated heterocycles. The number of nitrogens with zero attached hydrogens (tertiary/aromatic N) is 2. The molecule has 0 aliphatic rings. The Labute approximate surface area is 71.9 Å². The van der Waals surface area contributed by atoms with Crippen LogP contribution in [-0.4, -0.2) is 11.7 Å². The third-order valence-electron chi connectivity index (χ3n) is 0.585. The minimum atomic E-state index is -0.406. The Morgan fingerprint density at radius 2 is 2.50 bits per heavy atom. The molecule has 0 bridgehead atoms. The van der Waals surface area contributed by atoms with E-state index < -0.39 is 5.95 Å². The normalized spacial score (nSPS) is 11.4. The Morgan fingerprint density at radius 3 is 3.00 bits per heavy atom. The van der Waals surface area contributed by atoms with Crippen LogP contribution in [0.3, 0.4) is 0 Å². The van der Waals surface area contributed by atoms with E-state index >= 15 is 0 Å². The Kier molecular flexibility index (Phi) is 5.86. The summed E-state index contributed by atoms with van der Waals surface area (Å²) in [6.45, 7) is 0.265. The average molecular weight is 253 g/mol. The van der Waals surface area contributed by atoms with Gasteiger partial charge < -0.3 is 9.84 Å². The van der Waals surface area contributed by atoms with Crippen molar-refractivity contribution in [1.29, 1.82) is 5.39 Å². The van der Waals surface area contributed by atoms with Crippen LogP contribution in [0.4, 0.5) is 0 Å². The third kappa shape index (κ3) is 5.37. The number of hydrogen-bond acceptors (Lipinski definition) is 3. The minimum absolute atomic E-state index is 0.265. The number of aliphatic hydroxyl groups is 1. The van der Waals surface area contributed by atoms with Crippen LogP contribution in [0.5, 0.6) is 0 Å². The summed E-state index contributed by atoms with van der Waals surface area (Å²) in [6.07, 6.45) is 2.50. The van der Waals surface area contributed by atoms with Crippen molar-refractivity contribution in [2.75, 3.05) is 6.61 Å². The van der Waals surface area contributed by atoms with Crippen LogP contribution in [-0.2, 0) is 4.74 Å². The van der Waals surface area contributed by atoms with Gasteiger partial charge in [0.2, 0.25) is 5.39 Å². The lowest BCUT2D eigenvalue weighted by Crippen LogP contribution is -1.89. The van der Waals surface area contributed by atoms with Gasteiger partial charge in [-0.2, -0.15) is 0 Å². The molecule has 0 heterocycles. The molecular weight excluding hydrogens is 247 g/mol. The molecule has 0 radical (unpaired) electrons. The number of diazo groups is 1. The molecule has 0 rings (SSSR count). The molecule has 0 spiro atoms. The number of aliphatic hydroxyl groups excluding tert-OH is 1. The van der Waals surface area contributed by atoms with Gasteiger partial charge in [-0.1, -0.05) is 22.6 Å². The van der Waals surface area contributed by atoms with E-state index in [0.717, 1.165) is 6.20 Å². The molecule has 0 amide bonds. The lowest BCUT2D eigenvalue weighted by molar-refractivity contribution is 0.112. The predicted octanol–water partition coefficient (Wildman–Crippen LogP) is 2.16. The topological polar surface area (TPSA) is 57.6 Å². The zero-order valence-corrected chi connectivity index (χ0v) is 7.22. The quantitative estimate of drug-likeness (QED) is 0.476. The molecule has 0 aliphatic heterocycles. The molecule has 0 aliphatic carbocycles. The van der Waals surface area contributed by atoms with Crippen molar-refractivity contribution in [2.24, 2.45) is 0 Å². The summed E-state index contributed by atoms with van der Waals surface area (Å²) in [5.41, 5.74) is 0. The maximum Gasteiger partial charge on any atom is 0.429 e. The fraction of sp³-hybridized carbons (Fsp3) is 0.200. The van der Waals surface area contributed by atoms with Gasteiger partial charge in [0.25, 0.3) is 0 Å². The van der Waals surface area contributed by atoms with Crippen LogP contribution in [0.15, 0.2) is 22.3 Å². The standard InChI is InChI=1S/C5H5IN2O2/c6-2-1-3-10-5(9)4-8-7/h1-2,4H,3H2/p+1. The van der Waals surface area contributed by atoms with Gasteiger partial charge in [-0.05, 0) is 10.2 Å². The van der Waals surface area contributed by atoms with Crippen LogP contribution >= 0.6 is 22.6 Å². The monoisotopic (exact) mass is 253 g/mol. The molecule has 0 aromatic heterocycles. The highest BCUT2D eigenvalue weighted by Crippen LogP contribution is 1.92. The summed E-state index contributed by atoms with van der Waals surface area (Å²) in [4.78, 5) is 2.55. The van der Waals surface area contributed by atoms with Gasteiger partial charge in [0, 0.05) is 0 Å². The minimum Gasteiger partial charge on any atom is -0.476 e. The fourth-order valence-electron chi connectivity index (χ4n) is 0.257. The van der Waals surface area contributed by atoms with Crippen LogP contribution < -0.4 is 0 Å². The van der Waals surface area contributed by atoms with Gasteiger partial charge in [-0.15, -0.1) is 0 Å². The molecular formula is C5H6IN2O2+. The Bertz CT molecular complexity index is 183. The Balaban J connectivity index is 3.51. The van der Waals surface area contributed by atoms with Crippen LogP contribution in [0, 0.1) is 5.39 Å². The lowest BCUT2D eigenvalue weighted by atomic mass is 10.7. The summed E-state index contributed by atoms with van der Waals surface area (Å²) < 4.78 is 6.35. The number of rotatable bonds is 3.